The molecule has 0 saturated heterocycles. The molecule has 0 spiro atoms. The lowest BCUT2D eigenvalue weighted by molar-refractivity contribution is 0.0940. The second kappa shape index (κ2) is 2.72. The third kappa shape index (κ3) is 1.21. The van der Waals surface area contributed by atoms with Gasteiger partial charge in [0, 0.05) is 0 Å². The Bertz CT molecular complexity index is 466. The lowest BCUT2D eigenvalue weighted by Gasteiger charge is -2.21. The van der Waals surface area contributed by atoms with Gasteiger partial charge in [-0.3, -0.25) is 4.79 Å². The van der Waals surface area contributed by atoms with E-state index in [1.165, 1.54) is 6.07 Å². The molecule has 0 aromatic heterocycles. The van der Waals surface area contributed by atoms with E-state index < -0.39 is 11.4 Å². The zero-order valence-corrected chi connectivity index (χ0v) is 8.94. The maximum Gasteiger partial charge on any atom is 0.254 e. The summed E-state index contributed by atoms with van der Waals surface area (Å²) < 4.78 is 13.4. The molecule has 1 aliphatic heterocycles. The summed E-state index contributed by atoms with van der Waals surface area (Å²) >= 11 is 0. The van der Waals surface area contributed by atoms with Crippen LogP contribution in [0.2, 0.25) is 0 Å². The second-order valence-corrected chi connectivity index (χ2v) is 4.42. The summed E-state index contributed by atoms with van der Waals surface area (Å²) in [5.41, 5.74) is 6.88. The fourth-order valence-corrected chi connectivity index (χ4v) is 2.24. The molecule has 0 saturated carbocycles. The van der Waals surface area contributed by atoms with E-state index in [1.54, 1.807) is 6.92 Å². The summed E-state index contributed by atoms with van der Waals surface area (Å²) in [5, 5.41) is 2.78. The van der Waals surface area contributed by atoms with E-state index in [9.17, 15) is 9.18 Å². The van der Waals surface area contributed by atoms with Gasteiger partial charge >= 0.3 is 0 Å². The molecular formula is C11H13FN2O. The highest BCUT2D eigenvalue weighted by Crippen LogP contribution is 2.37. The van der Waals surface area contributed by atoms with Gasteiger partial charge in [0.1, 0.15) is 5.82 Å². The molecule has 0 fully saturated rings. The Morgan fingerprint density at radius 1 is 1.47 bits per heavy atom. The zero-order valence-electron chi connectivity index (χ0n) is 8.94. The van der Waals surface area contributed by atoms with Crippen LogP contribution in [-0.4, -0.2) is 5.91 Å². The Labute approximate surface area is 87.5 Å². The molecule has 0 radical (unpaired) electrons. The normalized spacial score (nSPS) is 17.5. The fraction of sp³-hybridized carbons (Fsp3) is 0.364. The fourth-order valence-electron chi connectivity index (χ4n) is 2.24. The summed E-state index contributed by atoms with van der Waals surface area (Å²) in [6.45, 7) is 5.53. The molecular weight excluding hydrogens is 195 g/mol. The van der Waals surface area contributed by atoms with Crippen LogP contribution in [-0.2, 0) is 5.54 Å². The largest absolute Gasteiger partial charge is 0.396 e. The van der Waals surface area contributed by atoms with Crippen LogP contribution in [0.5, 0.6) is 0 Å². The maximum atomic E-state index is 13.4. The van der Waals surface area contributed by atoms with Gasteiger partial charge in [0.2, 0.25) is 0 Å². The van der Waals surface area contributed by atoms with Gasteiger partial charge < -0.3 is 11.1 Å². The molecule has 0 bridgehead atoms. The topological polar surface area (TPSA) is 55.1 Å². The Hall–Kier alpha value is -1.58. The van der Waals surface area contributed by atoms with Crippen molar-refractivity contribution < 1.29 is 9.18 Å². The minimum absolute atomic E-state index is 0.0568. The van der Waals surface area contributed by atoms with Gasteiger partial charge in [0.25, 0.3) is 5.91 Å². The van der Waals surface area contributed by atoms with Gasteiger partial charge in [-0.1, -0.05) is 0 Å². The zero-order chi connectivity index (χ0) is 11.4. The van der Waals surface area contributed by atoms with Crippen LogP contribution in [0.3, 0.4) is 0 Å². The van der Waals surface area contributed by atoms with Crippen LogP contribution in [0.1, 0.15) is 35.3 Å². The van der Waals surface area contributed by atoms with Gasteiger partial charge in [-0.2, -0.15) is 0 Å². The molecule has 3 nitrogen and oxygen atoms in total. The molecule has 4 heteroatoms. The number of carbonyl (C=O) groups excluding carboxylic acids is 1. The average Bonchev–Trinajstić information content (AvgIpc) is 2.32. The number of halogens is 1. The average molecular weight is 208 g/mol. The van der Waals surface area contributed by atoms with Crippen LogP contribution < -0.4 is 11.1 Å². The highest BCUT2D eigenvalue weighted by molar-refractivity contribution is 6.04. The highest BCUT2D eigenvalue weighted by Gasteiger charge is 2.38. The number of fused-ring (bicyclic) bond motifs is 1. The number of rotatable bonds is 0. The molecule has 0 aliphatic carbocycles. The molecule has 1 aliphatic rings. The van der Waals surface area contributed by atoms with Crippen molar-refractivity contribution in [3.8, 4) is 0 Å². The predicted molar refractivity (Wildman–Crippen MR) is 56.0 cm³/mol. The summed E-state index contributed by atoms with van der Waals surface area (Å²) in [7, 11) is 0. The van der Waals surface area contributed by atoms with Crippen molar-refractivity contribution in [1.29, 1.82) is 0 Å². The van der Waals surface area contributed by atoms with Crippen LogP contribution in [0.25, 0.3) is 0 Å². The summed E-state index contributed by atoms with van der Waals surface area (Å²) in [4.78, 5) is 11.6. The predicted octanol–water partition coefficient (Wildman–Crippen LogP) is 1.69. The molecule has 1 aromatic rings. The Morgan fingerprint density at radius 3 is 2.67 bits per heavy atom. The molecule has 15 heavy (non-hydrogen) atoms. The van der Waals surface area contributed by atoms with Crippen LogP contribution in [0.15, 0.2) is 6.07 Å². The van der Waals surface area contributed by atoms with E-state index in [0.29, 0.717) is 0 Å². The van der Waals surface area contributed by atoms with Gasteiger partial charge in [-0.15, -0.1) is 0 Å². The molecule has 2 rings (SSSR count). The highest BCUT2D eigenvalue weighted by atomic mass is 19.1. The van der Waals surface area contributed by atoms with E-state index in [-0.39, 0.29) is 17.2 Å². The van der Waals surface area contributed by atoms with Crippen LogP contribution in [0, 0.1) is 12.7 Å². The monoisotopic (exact) mass is 208 g/mol. The van der Waals surface area contributed by atoms with Crippen molar-refractivity contribution in [1.82, 2.24) is 5.32 Å². The molecule has 0 atom stereocenters. The number of hydrogen-bond donors (Lipinski definition) is 2. The van der Waals surface area contributed by atoms with Gasteiger partial charge in [-0.05, 0) is 38.0 Å². The number of aryl methyl sites for hydroxylation is 1. The molecule has 80 valence electrons. The Kier molecular flexibility index (Phi) is 1.80. The Balaban J connectivity index is 2.84. The standard InChI is InChI=1S/C11H13FN2O/c1-5-4-6(12)9(13)7-8(5)11(2,3)14-10(7)15/h4H,13H2,1-3H3,(H,14,15). The van der Waals surface area contributed by atoms with Gasteiger partial charge in [-0.25, -0.2) is 4.39 Å². The third-order valence-corrected chi connectivity index (χ3v) is 2.79. The lowest BCUT2D eigenvalue weighted by atomic mass is 9.89. The minimum Gasteiger partial charge on any atom is -0.396 e. The molecule has 1 amide bonds. The molecule has 3 N–H and O–H groups in total. The van der Waals surface area contributed by atoms with E-state index in [1.807, 2.05) is 13.8 Å². The first-order valence-corrected chi connectivity index (χ1v) is 4.76. The van der Waals surface area contributed by atoms with E-state index in [2.05, 4.69) is 5.32 Å². The van der Waals surface area contributed by atoms with Gasteiger partial charge in [0.05, 0.1) is 16.8 Å². The van der Waals surface area contributed by atoms with E-state index in [0.717, 1.165) is 11.1 Å². The summed E-state index contributed by atoms with van der Waals surface area (Å²) in [6, 6.07) is 1.37. The SMILES string of the molecule is Cc1cc(F)c(N)c2c1C(C)(C)NC2=O. The number of nitrogens with two attached hydrogens (primary N) is 1. The van der Waals surface area contributed by atoms with Crippen LogP contribution >= 0.6 is 0 Å². The van der Waals surface area contributed by atoms with Gasteiger partial charge in [0.15, 0.2) is 0 Å². The molecule has 0 unspecified atom stereocenters. The van der Waals surface area contributed by atoms with Crippen molar-refractivity contribution in [2.24, 2.45) is 0 Å². The quantitative estimate of drug-likeness (QED) is 0.637. The van der Waals surface area contributed by atoms with Crippen molar-refractivity contribution in [3.05, 3.63) is 28.6 Å². The number of anilines is 1. The van der Waals surface area contributed by atoms with Crippen molar-refractivity contribution in [3.63, 3.8) is 0 Å². The number of benzene rings is 1. The summed E-state index contributed by atoms with van der Waals surface area (Å²) in [6.07, 6.45) is 0. The molecule has 1 heterocycles. The number of carbonyl (C=O) groups is 1. The second-order valence-electron chi connectivity index (χ2n) is 4.42. The van der Waals surface area contributed by atoms with Crippen molar-refractivity contribution in [2.75, 3.05) is 5.73 Å². The first kappa shape index (κ1) is 9.96. The van der Waals surface area contributed by atoms with E-state index >= 15 is 0 Å². The third-order valence-electron chi connectivity index (χ3n) is 2.79. The minimum atomic E-state index is -0.529. The number of nitrogens with one attached hydrogen (secondary N) is 1. The number of amides is 1. The van der Waals surface area contributed by atoms with E-state index in [4.69, 9.17) is 5.73 Å². The smallest absolute Gasteiger partial charge is 0.254 e. The van der Waals surface area contributed by atoms with Crippen LogP contribution in [0.4, 0.5) is 10.1 Å². The van der Waals surface area contributed by atoms with Crippen molar-refractivity contribution in [2.45, 2.75) is 26.3 Å². The number of hydrogen-bond acceptors (Lipinski definition) is 2. The first-order chi connectivity index (χ1) is 6.84. The van der Waals surface area contributed by atoms with Crippen molar-refractivity contribution >= 4 is 11.6 Å². The Morgan fingerprint density at radius 2 is 2.07 bits per heavy atom. The number of nitrogen functional groups attached to an aromatic ring is 1. The maximum absolute atomic E-state index is 13.4. The molecule has 1 aromatic carbocycles. The first-order valence-electron chi connectivity index (χ1n) is 4.76. The summed E-state index contributed by atoms with van der Waals surface area (Å²) in [5.74, 6) is -0.825. The lowest BCUT2D eigenvalue weighted by Crippen LogP contribution is -2.33.